The van der Waals surface area contributed by atoms with Crippen molar-refractivity contribution < 1.29 is 9.63 Å². The van der Waals surface area contributed by atoms with Crippen LogP contribution in [0.25, 0.3) is 0 Å². The molecule has 0 amide bonds. The van der Waals surface area contributed by atoms with E-state index in [0.29, 0.717) is 18.3 Å². The van der Waals surface area contributed by atoms with Crippen molar-refractivity contribution in [2.24, 2.45) is 11.8 Å². The summed E-state index contributed by atoms with van der Waals surface area (Å²) in [5.74, 6) is 1.14. The number of hydrogen-bond acceptors (Lipinski definition) is 3. The molecule has 0 heterocycles. The molecule has 0 aliphatic carbocycles. The van der Waals surface area contributed by atoms with E-state index in [1.54, 1.807) is 0 Å². The van der Waals surface area contributed by atoms with Crippen LogP contribution in [-0.4, -0.2) is 13.0 Å². The van der Waals surface area contributed by atoms with Gasteiger partial charge in [-0.25, -0.2) is 0 Å². The lowest BCUT2D eigenvalue weighted by molar-refractivity contribution is -0.135. The molecule has 0 aliphatic heterocycles. The van der Waals surface area contributed by atoms with Crippen molar-refractivity contribution in [1.29, 1.82) is 0 Å². The maximum Gasteiger partial charge on any atom is 0.312 e. The first-order valence-electron chi connectivity index (χ1n) is 3.50. The molecule has 0 radical (unpaired) electrons. The fraction of sp³-hybridized carbons (Fsp3) is 0.857. The highest BCUT2D eigenvalue weighted by Crippen LogP contribution is 2.06. The number of hydroxylamine groups is 1. The molecule has 0 saturated carbocycles. The second-order valence-corrected chi connectivity index (χ2v) is 2.78. The molecule has 0 saturated heterocycles. The number of rotatable bonds is 5. The Labute approximate surface area is 61.7 Å². The number of carbonyl (C=O) groups is 1. The van der Waals surface area contributed by atoms with Crippen molar-refractivity contribution in [2.45, 2.75) is 20.8 Å². The van der Waals surface area contributed by atoms with Gasteiger partial charge in [0.1, 0.15) is 0 Å². The first kappa shape index (κ1) is 9.43. The molecule has 3 nitrogen and oxygen atoms in total. The van der Waals surface area contributed by atoms with E-state index < -0.39 is 0 Å². The lowest BCUT2D eigenvalue weighted by Gasteiger charge is -2.13. The van der Waals surface area contributed by atoms with E-state index >= 15 is 0 Å². The zero-order chi connectivity index (χ0) is 7.98. The van der Waals surface area contributed by atoms with Crippen molar-refractivity contribution in [3.8, 4) is 0 Å². The first-order valence-corrected chi connectivity index (χ1v) is 3.50. The molecule has 1 unspecified atom stereocenters. The van der Waals surface area contributed by atoms with E-state index in [4.69, 9.17) is 0 Å². The summed E-state index contributed by atoms with van der Waals surface area (Å²) in [7, 11) is 0. The molecule has 10 heavy (non-hydrogen) atoms. The monoisotopic (exact) mass is 145 g/mol. The molecular weight excluding hydrogens is 130 g/mol. The third-order valence-corrected chi connectivity index (χ3v) is 1.67. The van der Waals surface area contributed by atoms with Crippen LogP contribution < -0.4 is 5.48 Å². The Bertz CT molecular complexity index is 93.6. The van der Waals surface area contributed by atoms with Gasteiger partial charge >= 0.3 is 6.47 Å². The van der Waals surface area contributed by atoms with Gasteiger partial charge in [-0.1, -0.05) is 20.8 Å². The Morgan fingerprint density at radius 1 is 1.50 bits per heavy atom. The minimum atomic E-state index is 0.396. The summed E-state index contributed by atoms with van der Waals surface area (Å²) in [6.07, 6.45) is 0. The molecule has 0 aromatic rings. The van der Waals surface area contributed by atoms with Gasteiger partial charge in [-0.2, -0.15) is 5.48 Å². The smallest absolute Gasteiger partial charge is 0.312 e. The minimum Gasteiger partial charge on any atom is -0.374 e. The lowest BCUT2D eigenvalue weighted by Crippen LogP contribution is -2.23. The molecule has 0 aliphatic rings. The predicted octanol–water partition coefficient (Wildman–Crippen LogP) is 0.956. The van der Waals surface area contributed by atoms with E-state index in [-0.39, 0.29) is 0 Å². The molecule has 0 fully saturated rings. The summed E-state index contributed by atoms with van der Waals surface area (Å²) in [5.41, 5.74) is 2.55. The van der Waals surface area contributed by atoms with Crippen LogP contribution in [0.15, 0.2) is 0 Å². The van der Waals surface area contributed by atoms with Gasteiger partial charge in [-0.15, -0.1) is 0 Å². The second-order valence-electron chi connectivity index (χ2n) is 2.78. The summed E-state index contributed by atoms with van der Waals surface area (Å²) in [5, 5.41) is 0. The number of hydrogen-bond donors (Lipinski definition) is 1. The average molecular weight is 145 g/mol. The predicted molar refractivity (Wildman–Crippen MR) is 39.2 cm³/mol. The van der Waals surface area contributed by atoms with Crippen LogP contribution >= 0.6 is 0 Å². The topological polar surface area (TPSA) is 38.3 Å². The summed E-state index contributed by atoms with van der Waals surface area (Å²) < 4.78 is 0. The minimum absolute atomic E-state index is 0.396. The Morgan fingerprint density at radius 2 is 2.10 bits per heavy atom. The fourth-order valence-electron chi connectivity index (χ4n) is 0.449. The molecular formula is C7H15NO2. The second kappa shape index (κ2) is 5.23. The van der Waals surface area contributed by atoms with Gasteiger partial charge < -0.3 is 4.84 Å². The van der Waals surface area contributed by atoms with Gasteiger partial charge in [0.15, 0.2) is 0 Å². The summed E-state index contributed by atoms with van der Waals surface area (Å²) in [6, 6.07) is 0. The quantitative estimate of drug-likeness (QED) is 0.355. The highest BCUT2D eigenvalue weighted by Gasteiger charge is 2.05. The molecule has 1 atom stereocenters. The molecule has 0 rings (SSSR count). The largest absolute Gasteiger partial charge is 0.374 e. The van der Waals surface area contributed by atoms with Crippen molar-refractivity contribution in [2.75, 3.05) is 6.54 Å². The average Bonchev–Trinajstić information content (AvgIpc) is 1.88. The van der Waals surface area contributed by atoms with Crippen LogP contribution in [0.2, 0.25) is 0 Å². The van der Waals surface area contributed by atoms with Gasteiger partial charge in [-0.05, 0) is 11.8 Å². The summed E-state index contributed by atoms with van der Waals surface area (Å²) >= 11 is 0. The van der Waals surface area contributed by atoms with Crippen LogP contribution in [0.4, 0.5) is 0 Å². The number of carbonyl (C=O) groups excluding carboxylic acids is 1. The normalized spacial score (nSPS) is 13.2. The number of nitrogens with one attached hydrogen (secondary N) is 1. The van der Waals surface area contributed by atoms with Gasteiger partial charge in [0, 0.05) is 6.54 Å². The molecule has 0 aromatic carbocycles. The Hall–Kier alpha value is -0.570. The van der Waals surface area contributed by atoms with Gasteiger partial charge in [0.05, 0.1) is 0 Å². The van der Waals surface area contributed by atoms with Crippen LogP contribution in [0.1, 0.15) is 20.8 Å². The molecule has 60 valence electrons. The molecule has 0 bridgehead atoms. The molecule has 1 N–H and O–H groups in total. The van der Waals surface area contributed by atoms with Crippen LogP contribution in [0.5, 0.6) is 0 Å². The third kappa shape index (κ3) is 4.32. The van der Waals surface area contributed by atoms with E-state index in [0.717, 1.165) is 6.54 Å². The Balaban J connectivity index is 3.21. The highest BCUT2D eigenvalue weighted by atomic mass is 16.7. The van der Waals surface area contributed by atoms with E-state index in [9.17, 15) is 4.79 Å². The third-order valence-electron chi connectivity index (χ3n) is 1.67. The zero-order valence-electron chi connectivity index (χ0n) is 6.76. The zero-order valence-corrected chi connectivity index (χ0v) is 6.76. The van der Waals surface area contributed by atoms with Crippen molar-refractivity contribution in [3.63, 3.8) is 0 Å². The summed E-state index contributed by atoms with van der Waals surface area (Å²) in [4.78, 5) is 14.0. The van der Waals surface area contributed by atoms with Crippen molar-refractivity contribution in [3.05, 3.63) is 0 Å². The standard InChI is InChI=1S/C7H15NO2/c1-6(2)7(3)4-8-10-5-9/h5-8H,4H2,1-3H3. The summed E-state index contributed by atoms with van der Waals surface area (Å²) in [6.45, 7) is 7.48. The van der Waals surface area contributed by atoms with E-state index in [1.807, 2.05) is 0 Å². The fourth-order valence-corrected chi connectivity index (χ4v) is 0.449. The molecule has 0 spiro atoms. The Morgan fingerprint density at radius 3 is 2.50 bits per heavy atom. The van der Waals surface area contributed by atoms with Gasteiger partial charge in [-0.3, -0.25) is 4.79 Å². The van der Waals surface area contributed by atoms with Crippen LogP contribution in [0, 0.1) is 11.8 Å². The maximum atomic E-state index is 9.67. The van der Waals surface area contributed by atoms with E-state index in [2.05, 4.69) is 31.1 Å². The lowest BCUT2D eigenvalue weighted by atomic mass is 9.99. The van der Waals surface area contributed by atoms with Crippen molar-refractivity contribution in [1.82, 2.24) is 5.48 Å². The molecule has 0 aromatic heterocycles. The Kier molecular flexibility index (Phi) is 4.94. The maximum absolute atomic E-state index is 9.67. The SMILES string of the molecule is CC(C)C(C)CNOC=O. The first-order chi connectivity index (χ1) is 4.68. The van der Waals surface area contributed by atoms with Gasteiger partial charge in [0.2, 0.25) is 0 Å². The van der Waals surface area contributed by atoms with E-state index in [1.165, 1.54) is 0 Å². The van der Waals surface area contributed by atoms with Crippen LogP contribution in [0.3, 0.4) is 0 Å². The van der Waals surface area contributed by atoms with Crippen LogP contribution in [-0.2, 0) is 9.63 Å². The highest BCUT2D eigenvalue weighted by molar-refractivity contribution is 5.36. The van der Waals surface area contributed by atoms with Gasteiger partial charge in [0.25, 0.3) is 0 Å². The molecule has 3 heteroatoms. The van der Waals surface area contributed by atoms with Crippen molar-refractivity contribution >= 4 is 6.47 Å².